The summed E-state index contributed by atoms with van der Waals surface area (Å²) >= 11 is 0. The molecule has 0 bridgehead atoms. The normalized spacial score (nSPS) is 16.4. The molecule has 4 rings (SSSR count). The molecule has 1 saturated heterocycles. The maximum Gasteiger partial charge on any atom is 0.281 e. The predicted molar refractivity (Wildman–Crippen MR) is 144 cm³/mol. The highest BCUT2D eigenvalue weighted by atomic mass is 16.5. The van der Waals surface area contributed by atoms with E-state index in [1.54, 1.807) is 30.3 Å². The number of hydrogen-bond acceptors (Lipinski definition) is 5. The van der Waals surface area contributed by atoms with Crippen LogP contribution in [-0.2, 0) is 4.79 Å². The lowest BCUT2D eigenvalue weighted by Crippen LogP contribution is -2.39. The molecular weight excluding hydrogens is 466 g/mol. The Kier molecular flexibility index (Phi) is 9.29. The molecule has 2 N–H and O–H groups in total. The van der Waals surface area contributed by atoms with Gasteiger partial charge in [-0.05, 0) is 56.3 Å². The van der Waals surface area contributed by atoms with Crippen LogP contribution in [0.5, 0.6) is 5.75 Å². The van der Waals surface area contributed by atoms with Crippen LogP contribution in [0.25, 0.3) is 10.8 Å². The van der Waals surface area contributed by atoms with Crippen LogP contribution in [0, 0.1) is 0 Å². The van der Waals surface area contributed by atoms with Gasteiger partial charge in [-0.2, -0.15) is 5.06 Å². The summed E-state index contributed by atoms with van der Waals surface area (Å²) in [4.78, 5) is 28.2. The van der Waals surface area contributed by atoms with Gasteiger partial charge in [0.05, 0.1) is 5.57 Å². The topological polar surface area (TPSA) is 82.1 Å². The van der Waals surface area contributed by atoms with Crippen molar-refractivity contribution in [2.45, 2.75) is 38.6 Å². The second kappa shape index (κ2) is 13.0. The summed E-state index contributed by atoms with van der Waals surface area (Å²) in [5, 5.41) is 15.8. The van der Waals surface area contributed by atoms with E-state index in [2.05, 4.69) is 17.1 Å². The van der Waals surface area contributed by atoms with Crippen LogP contribution in [-0.4, -0.2) is 59.3 Å². The Morgan fingerprint density at radius 3 is 2.62 bits per heavy atom. The summed E-state index contributed by atoms with van der Waals surface area (Å²) in [5.41, 5.74) is 0.456. The maximum absolute atomic E-state index is 13.1. The standard InChI is InChI=1S/C30H35N3O4/c1-23-11-7-8-19-32(23)20-10-18-31-29(34)26(21-33(36)30(35)25-13-3-2-4-14-25)22-37-28-17-9-15-24-12-5-6-16-27(24)28/h2-6,9,12-17,21,23,36H,7-8,10-11,18-20,22H2,1H3,(H,31,34). The van der Waals surface area contributed by atoms with Gasteiger partial charge in [-0.15, -0.1) is 0 Å². The minimum atomic E-state index is -0.629. The van der Waals surface area contributed by atoms with Gasteiger partial charge < -0.3 is 15.0 Å². The Hall–Kier alpha value is -3.68. The summed E-state index contributed by atoms with van der Waals surface area (Å²) in [6.07, 6.45) is 5.67. The molecule has 0 saturated carbocycles. The molecule has 0 radical (unpaired) electrons. The Morgan fingerprint density at radius 1 is 1.05 bits per heavy atom. The third-order valence-corrected chi connectivity index (χ3v) is 6.78. The summed E-state index contributed by atoms with van der Waals surface area (Å²) in [5.74, 6) is -0.392. The molecule has 2 amide bonds. The van der Waals surface area contributed by atoms with Crippen molar-refractivity contribution >= 4 is 22.6 Å². The van der Waals surface area contributed by atoms with Crippen molar-refractivity contribution in [1.82, 2.24) is 15.3 Å². The number of ether oxygens (including phenoxy) is 1. The number of carbonyl (C=O) groups excluding carboxylic acids is 2. The van der Waals surface area contributed by atoms with Crippen molar-refractivity contribution in [3.63, 3.8) is 0 Å². The molecule has 7 nitrogen and oxygen atoms in total. The van der Waals surface area contributed by atoms with Crippen molar-refractivity contribution < 1.29 is 19.5 Å². The molecule has 1 heterocycles. The molecule has 0 aromatic heterocycles. The molecule has 37 heavy (non-hydrogen) atoms. The minimum Gasteiger partial charge on any atom is -0.488 e. The minimum absolute atomic E-state index is 0.109. The fourth-order valence-electron chi connectivity index (χ4n) is 4.65. The Morgan fingerprint density at radius 2 is 1.81 bits per heavy atom. The van der Waals surface area contributed by atoms with Crippen molar-refractivity contribution in [3.05, 3.63) is 90.1 Å². The fourth-order valence-corrected chi connectivity index (χ4v) is 4.65. The highest BCUT2D eigenvalue weighted by molar-refractivity contribution is 5.97. The van der Waals surface area contributed by atoms with E-state index < -0.39 is 5.91 Å². The van der Waals surface area contributed by atoms with Crippen LogP contribution in [0.3, 0.4) is 0 Å². The van der Waals surface area contributed by atoms with E-state index in [1.807, 2.05) is 42.5 Å². The van der Waals surface area contributed by atoms with Crippen LogP contribution in [0.15, 0.2) is 84.6 Å². The number of likely N-dealkylation sites (tertiary alicyclic amines) is 1. The van der Waals surface area contributed by atoms with Gasteiger partial charge in [0.2, 0.25) is 0 Å². The quantitative estimate of drug-likeness (QED) is 0.177. The lowest BCUT2D eigenvalue weighted by Gasteiger charge is -2.33. The monoisotopic (exact) mass is 501 g/mol. The SMILES string of the molecule is CC1CCCCN1CCCNC(=O)C(=CN(O)C(=O)c1ccccc1)COc1cccc2ccccc12. The number of nitrogens with zero attached hydrogens (tertiary/aromatic N) is 2. The Bertz CT molecular complexity index is 1220. The number of piperidine rings is 1. The van der Waals surface area contributed by atoms with Gasteiger partial charge in [0, 0.05) is 36.3 Å². The first-order chi connectivity index (χ1) is 18.0. The predicted octanol–water partition coefficient (Wildman–Crippen LogP) is 5.01. The molecule has 1 aliphatic heterocycles. The first-order valence-electron chi connectivity index (χ1n) is 12.9. The summed E-state index contributed by atoms with van der Waals surface area (Å²) in [6.45, 7) is 4.66. The van der Waals surface area contributed by atoms with Gasteiger partial charge >= 0.3 is 0 Å². The van der Waals surface area contributed by atoms with Crippen molar-refractivity contribution in [1.29, 1.82) is 0 Å². The second-order valence-electron chi connectivity index (χ2n) is 9.43. The van der Waals surface area contributed by atoms with E-state index in [4.69, 9.17) is 4.74 Å². The number of amides is 2. The van der Waals surface area contributed by atoms with Crippen LogP contribution in [0.4, 0.5) is 0 Å². The van der Waals surface area contributed by atoms with Crippen molar-refractivity contribution in [2.75, 3.05) is 26.2 Å². The van der Waals surface area contributed by atoms with Crippen LogP contribution in [0.1, 0.15) is 43.0 Å². The third-order valence-electron chi connectivity index (χ3n) is 6.78. The number of rotatable bonds is 10. The van der Waals surface area contributed by atoms with E-state index in [0.29, 0.717) is 29.0 Å². The smallest absolute Gasteiger partial charge is 0.281 e. The summed E-state index contributed by atoms with van der Waals surface area (Å²) < 4.78 is 6.02. The van der Waals surface area contributed by atoms with Gasteiger partial charge in [0.25, 0.3) is 11.8 Å². The number of hydrogen-bond donors (Lipinski definition) is 2. The molecule has 1 aliphatic rings. The lowest BCUT2D eigenvalue weighted by molar-refractivity contribution is -0.118. The molecule has 1 atom stereocenters. The second-order valence-corrected chi connectivity index (χ2v) is 9.43. The zero-order valence-corrected chi connectivity index (χ0v) is 21.3. The first-order valence-corrected chi connectivity index (χ1v) is 12.9. The molecule has 0 spiro atoms. The van der Waals surface area contributed by atoms with Crippen molar-refractivity contribution in [3.8, 4) is 5.75 Å². The average Bonchev–Trinajstić information content (AvgIpc) is 2.94. The molecule has 0 aliphatic carbocycles. The first kappa shape index (κ1) is 26.4. The maximum atomic E-state index is 13.1. The van der Waals surface area contributed by atoms with Gasteiger partial charge in [-0.3, -0.25) is 14.8 Å². The Balaban J connectivity index is 1.44. The highest BCUT2D eigenvalue weighted by Crippen LogP contribution is 2.25. The van der Waals surface area contributed by atoms with Crippen molar-refractivity contribution in [2.24, 2.45) is 0 Å². The number of carbonyl (C=O) groups is 2. The number of hydroxylamine groups is 2. The van der Waals surface area contributed by atoms with E-state index in [9.17, 15) is 14.8 Å². The zero-order valence-electron chi connectivity index (χ0n) is 21.3. The molecule has 7 heteroatoms. The van der Waals surface area contributed by atoms with Crippen LogP contribution in [0.2, 0.25) is 0 Å². The van der Waals surface area contributed by atoms with Crippen LogP contribution < -0.4 is 10.1 Å². The lowest BCUT2D eigenvalue weighted by atomic mass is 10.0. The van der Waals surface area contributed by atoms with E-state index in [-0.39, 0.29) is 18.1 Å². The molecule has 3 aromatic carbocycles. The summed E-state index contributed by atoms with van der Waals surface area (Å²) in [6, 6.07) is 22.5. The van der Waals surface area contributed by atoms with Gasteiger partial charge in [-0.25, -0.2) is 0 Å². The number of benzene rings is 3. The zero-order chi connectivity index (χ0) is 26.0. The van der Waals surface area contributed by atoms with Gasteiger partial charge in [0.1, 0.15) is 12.4 Å². The fraction of sp³-hybridized carbons (Fsp3) is 0.333. The number of fused-ring (bicyclic) bond motifs is 1. The summed E-state index contributed by atoms with van der Waals surface area (Å²) in [7, 11) is 0. The Labute approximate surface area is 218 Å². The highest BCUT2D eigenvalue weighted by Gasteiger charge is 2.19. The molecular formula is C30H35N3O4. The number of nitrogens with one attached hydrogen (secondary N) is 1. The molecule has 1 fully saturated rings. The van der Waals surface area contributed by atoms with E-state index >= 15 is 0 Å². The average molecular weight is 502 g/mol. The molecule has 3 aromatic rings. The van der Waals surface area contributed by atoms with E-state index in [0.717, 1.165) is 36.5 Å². The molecule has 1 unspecified atom stereocenters. The van der Waals surface area contributed by atoms with Crippen LogP contribution >= 0.6 is 0 Å². The third kappa shape index (κ3) is 7.18. The van der Waals surface area contributed by atoms with E-state index in [1.165, 1.54) is 19.3 Å². The van der Waals surface area contributed by atoms with Gasteiger partial charge in [-0.1, -0.05) is 61.0 Å². The largest absolute Gasteiger partial charge is 0.488 e. The molecule has 194 valence electrons. The van der Waals surface area contributed by atoms with Gasteiger partial charge in [0.15, 0.2) is 0 Å².